The van der Waals surface area contributed by atoms with E-state index in [1.807, 2.05) is 13.8 Å². The Morgan fingerprint density at radius 1 is 1.36 bits per heavy atom. The van der Waals surface area contributed by atoms with E-state index in [4.69, 9.17) is 10.6 Å². The smallest absolute Gasteiger partial charge is 0.161 e. The van der Waals surface area contributed by atoms with Crippen molar-refractivity contribution in [3.8, 4) is 16.2 Å². The largest absolute Gasteiger partial charge is 0.493 e. The Bertz CT molecular complexity index is 834. The van der Waals surface area contributed by atoms with Gasteiger partial charge >= 0.3 is 0 Å². The van der Waals surface area contributed by atoms with Gasteiger partial charge in [0.15, 0.2) is 5.82 Å². The number of thiophene rings is 1. The number of nitrogens with zero attached hydrogens (tertiary/aromatic N) is 2. The fourth-order valence-electron chi connectivity index (χ4n) is 2.34. The molecule has 114 valence electrons. The third kappa shape index (κ3) is 2.38. The fraction of sp³-hybridized carbons (Fsp3) is 0.200. The van der Waals surface area contributed by atoms with Gasteiger partial charge < -0.3 is 10.2 Å². The minimum absolute atomic E-state index is 0.324. The predicted octanol–water partition coefficient (Wildman–Crippen LogP) is 3.49. The standard InChI is InChI=1S/C15H15FN4OS/c1-3-21-11-6-9(16)4-5-10(11)13-8(2)12-14(22-13)15(20-17)19-7-18-12/h4-7H,3,17H2,1-2H3,(H,18,19,20). The number of aromatic nitrogens is 2. The van der Waals surface area contributed by atoms with Gasteiger partial charge in [0.25, 0.3) is 0 Å². The number of fused-ring (bicyclic) bond motifs is 1. The maximum atomic E-state index is 13.5. The number of hydrogen-bond donors (Lipinski definition) is 2. The molecule has 3 aromatic rings. The molecule has 3 rings (SSSR count). The number of hydrazine groups is 1. The van der Waals surface area contributed by atoms with Crippen molar-refractivity contribution in [3.05, 3.63) is 35.9 Å². The number of nitrogens with one attached hydrogen (secondary N) is 1. The number of aryl methyl sites for hydroxylation is 1. The molecule has 7 heteroatoms. The van der Waals surface area contributed by atoms with E-state index >= 15 is 0 Å². The van der Waals surface area contributed by atoms with Gasteiger partial charge in [-0.2, -0.15) is 0 Å². The van der Waals surface area contributed by atoms with Gasteiger partial charge in [-0.3, -0.25) is 0 Å². The Hall–Kier alpha value is -2.25. The first-order valence-corrected chi connectivity index (χ1v) is 7.60. The molecule has 0 fully saturated rings. The van der Waals surface area contributed by atoms with Crippen LogP contribution in [0.5, 0.6) is 5.75 Å². The summed E-state index contributed by atoms with van der Waals surface area (Å²) >= 11 is 1.50. The highest BCUT2D eigenvalue weighted by atomic mass is 32.1. The molecule has 0 atom stereocenters. The van der Waals surface area contributed by atoms with Crippen LogP contribution < -0.4 is 16.0 Å². The van der Waals surface area contributed by atoms with E-state index in [1.54, 1.807) is 6.07 Å². The molecule has 5 nitrogen and oxygen atoms in total. The van der Waals surface area contributed by atoms with Crippen molar-refractivity contribution in [3.63, 3.8) is 0 Å². The second kappa shape index (κ2) is 5.86. The highest BCUT2D eigenvalue weighted by Crippen LogP contribution is 2.43. The molecule has 0 aliphatic heterocycles. The molecule has 22 heavy (non-hydrogen) atoms. The number of rotatable bonds is 4. The number of nitrogen functional groups attached to an aromatic ring is 1. The van der Waals surface area contributed by atoms with E-state index < -0.39 is 0 Å². The summed E-state index contributed by atoms with van der Waals surface area (Å²) in [7, 11) is 0. The molecule has 3 N–H and O–H groups in total. The van der Waals surface area contributed by atoms with Crippen LogP contribution in [0, 0.1) is 12.7 Å². The Balaban J connectivity index is 2.25. The lowest BCUT2D eigenvalue weighted by Gasteiger charge is -2.09. The van der Waals surface area contributed by atoms with Gasteiger partial charge in [0.1, 0.15) is 17.9 Å². The molecule has 0 radical (unpaired) electrons. The van der Waals surface area contributed by atoms with Crippen LogP contribution in [-0.2, 0) is 0 Å². The second-order valence-electron chi connectivity index (χ2n) is 4.67. The van der Waals surface area contributed by atoms with Gasteiger partial charge in [0.05, 0.1) is 16.8 Å². The molecule has 2 aromatic heterocycles. The number of halogens is 1. The number of ether oxygens (including phenoxy) is 1. The van der Waals surface area contributed by atoms with Crippen LogP contribution in [0.2, 0.25) is 0 Å². The van der Waals surface area contributed by atoms with Crippen molar-refractivity contribution in [1.29, 1.82) is 0 Å². The van der Waals surface area contributed by atoms with E-state index in [-0.39, 0.29) is 5.82 Å². The average molecular weight is 318 g/mol. The number of nitrogens with two attached hydrogens (primary N) is 1. The summed E-state index contributed by atoms with van der Waals surface area (Å²) in [6.45, 7) is 4.31. The van der Waals surface area contributed by atoms with Gasteiger partial charge in [-0.15, -0.1) is 11.3 Å². The highest BCUT2D eigenvalue weighted by molar-refractivity contribution is 7.23. The van der Waals surface area contributed by atoms with Gasteiger partial charge in [-0.1, -0.05) is 0 Å². The van der Waals surface area contributed by atoms with Gasteiger partial charge in [0.2, 0.25) is 0 Å². The minimum atomic E-state index is -0.324. The molecule has 0 unspecified atom stereocenters. The zero-order valence-corrected chi connectivity index (χ0v) is 13.0. The van der Waals surface area contributed by atoms with Crippen molar-refractivity contribution >= 4 is 27.4 Å². The molecule has 0 saturated carbocycles. The van der Waals surface area contributed by atoms with E-state index in [1.165, 1.54) is 29.8 Å². The van der Waals surface area contributed by atoms with E-state index in [0.717, 1.165) is 26.2 Å². The molecular formula is C15H15FN4OS. The summed E-state index contributed by atoms with van der Waals surface area (Å²) in [5, 5.41) is 0. The van der Waals surface area contributed by atoms with E-state index in [2.05, 4.69) is 15.4 Å². The summed E-state index contributed by atoms with van der Waals surface area (Å²) in [6, 6.07) is 4.55. The van der Waals surface area contributed by atoms with Crippen molar-refractivity contribution in [1.82, 2.24) is 9.97 Å². The molecule has 1 aromatic carbocycles. The van der Waals surface area contributed by atoms with Crippen molar-refractivity contribution < 1.29 is 9.13 Å². The Labute approximate surface area is 130 Å². The zero-order chi connectivity index (χ0) is 15.7. The lowest BCUT2D eigenvalue weighted by Crippen LogP contribution is -2.08. The summed E-state index contributed by atoms with van der Waals surface area (Å²) in [5.74, 6) is 6.27. The molecule has 0 saturated heterocycles. The quantitative estimate of drug-likeness (QED) is 0.569. The van der Waals surface area contributed by atoms with Crippen LogP contribution in [0.4, 0.5) is 10.2 Å². The Morgan fingerprint density at radius 2 is 2.18 bits per heavy atom. The molecule has 0 aliphatic carbocycles. The van der Waals surface area contributed by atoms with Crippen LogP contribution in [0.3, 0.4) is 0 Å². The molecule has 0 amide bonds. The summed E-state index contributed by atoms with van der Waals surface area (Å²) in [4.78, 5) is 9.40. The molecule has 2 heterocycles. The maximum absolute atomic E-state index is 13.5. The first kappa shape index (κ1) is 14.7. The van der Waals surface area contributed by atoms with Gasteiger partial charge in [-0.25, -0.2) is 20.2 Å². The van der Waals surface area contributed by atoms with Crippen molar-refractivity contribution in [2.24, 2.45) is 5.84 Å². The molecule has 0 bridgehead atoms. The van der Waals surface area contributed by atoms with Crippen LogP contribution >= 0.6 is 11.3 Å². The minimum Gasteiger partial charge on any atom is -0.493 e. The third-order valence-corrected chi connectivity index (χ3v) is 4.65. The second-order valence-corrected chi connectivity index (χ2v) is 5.69. The zero-order valence-electron chi connectivity index (χ0n) is 12.2. The summed E-state index contributed by atoms with van der Waals surface area (Å²) < 4.78 is 19.9. The van der Waals surface area contributed by atoms with E-state index in [0.29, 0.717) is 18.2 Å². The first-order chi connectivity index (χ1) is 10.7. The first-order valence-electron chi connectivity index (χ1n) is 6.79. The number of anilines is 1. The average Bonchev–Trinajstić information content (AvgIpc) is 2.85. The highest BCUT2D eigenvalue weighted by Gasteiger charge is 2.18. The maximum Gasteiger partial charge on any atom is 0.161 e. The SMILES string of the molecule is CCOc1cc(F)ccc1-c1sc2c(NN)ncnc2c1C. The van der Waals surface area contributed by atoms with Crippen LogP contribution in [0.25, 0.3) is 20.7 Å². The van der Waals surface area contributed by atoms with Crippen molar-refractivity contribution in [2.75, 3.05) is 12.0 Å². The number of hydrogen-bond acceptors (Lipinski definition) is 6. The molecule has 0 aliphatic rings. The Morgan fingerprint density at radius 3 is 2.91 bits per heavy atom. The van der Waals surface area contributed by atoms with Crippen molar-refractivity contribution in [2.45, 2.75) is 13.8 Å². The lowest BCUT2D eigenvalue weighted by molar-refractivity contribution is 0.340. The topological polar surface area (TPSA) is 73.1 Å². The van der Waals surface area contributed by atoms with E-state index in [9.17, 15) is 4.39 Å². The molecule has 0 spiro atoms. The van der Waals surface area contributed by atoms with Crippen LogP contribution in [0.15, 0.2) is 24.5 Å². The predicted molar refractivity (Wildman–Crippen MR) is 86.5 cm³/mol. The monoisotopic (exact) mass is 318 g/mol. The summed E-state index contributed by atoms with van der Waals surface area (Å²) in [6.07, 6.45) is 1.47. The van der Waals surface area contributed by atoms with Crippen LogP contribution in [0.1, 0.15) is 12.5 Å². The normalized spacial score (nSPS) is 10.9. The fourth-order valence-corrected chi connectivity index (χ4v) is 3.59. The third-order valence-electron chi connectivity index (χ3n) is 3.33. The van der Waals surface area contributed by atoms with Gasteiger partial charge in [0, 0.05) is 16.5 Å². The summed E-state index contributed by atoms with van der Waals surface area (Å²) in [5.41, 5.74) is 5.24. The molecular weight excluding hydrogens is 303 g/mol. The van der Waals surface area contributed by atoms with Gasteiger partial charge in [-0.05, 0) is 31.5 Å². The lowest BCUT2D eigenvalue weighted by atomic mass is 10.1. The van der Waals surface area contributed by atoms with Crippen LogP contribution in [-0.4, -0.2) is 16.6 Å². The Kier molecular flexibility index (Phi) is 3.91. The number of benzene rings is 1.